The predicted molar refractivity (Wildman–Crippen MR) is 73.9 cm³/mol. The molecule has 4 nitrogen and oxygen atoms in total. The molecule has 0 radical (unpaired) electrons. The van der Waals surface area contributed by atoms with Gasteiger partial charge in [0.05, 0.1) is 6.61 Å². The van der Waals surface area contributed by atoms with Crippen molar-refractivity contribution in [1.82, 2.24) is 10.3 Å². The maximum Gasteiger partial charge on any atom is 0.128 e. The number of aromatic nitrogens is 1. The van der Waals surface area contributed by atoms with Crippen molar-refractivity contribution in [1.29, 1.82) is 0 Å². The molecule has 1 aromatic heterocycles. The van der Waals surface area contributed by atoms with Crippen LogP contribution in [0.25, 0.3) is 0 Å². The zero-order chi connectivity index (χ0) is 13.0. The molecule has 1 aliphatic rings. The Morgan fingerprint density at radius 2 is 2.33 bits per heavy atom. The van der Waals surface area contributed by atoms with Crippen LogP contribution in [0.3, 0.4) is 0 Å². The lowest BCUT2D eigenvalue weighted by atomic mass is 10.1. The number of hydrogen-bond donors (Lipinski definition) is 1. The van der Waals surface area contributed by atoms with Gasteiger partial charge in [-0.1, -0.05) is 6.07 Å². The molecule has 18 heavy (non-hydrogen) atoms. The van der Waals surface area contributed by atoms with Crippen LogP contribution in [0.2, 0.25) is 0 Å². The fourth-order valence-electron chi connectivity index (χ4n) is 2.54. The fourth-order valence-corrected chi connectivity index (χ4v) is 2.54. The molecule has 0 aromatic carbocycles. The van der Waals surface area contributed by atoms with Crippen molar-refractivity contribution in [2.75, 3.05) is 38.8 Å². The number of methoxy groups -OCH3 is 1. The Hall–Kier alpha value is -1.13. The average Bonchev–Trinajstić information content (AvgIpc) is 2.81. The third-order valence-corrected chi connectivity index (χ3v) is 3.56. The van der Waals surface area contributed by atoms with E-state index >= 15 is 0 Å². The Kier molecular flexibility index (Phi) is 4.55. The molecule has 0 aliphatic carbocycles. The lowest BCUT2D eigenvalue weighted by molar-refractivity contribution is 0.161. The summed E-state index contributed by atoms with van der Waals surface area (Å²) in [5.74, 6) is 1.75. The molecule has 1 unspecified atom stereocenters. The highest BCUT2D eigenvalue weighted by molar-refractivity contribution is 5.42. The number of hydrogen-bond acceptors (Lipinski definition) is 4. The van der Waals surface area contributed by atoms with Crippen molar-refractivity contribution < 1.29 is 4.74 Å². The highest BCUT2D eigenvalue weighted by atomic mass is 16.5. The molecule has 0 amide bonds. The molecule has 0 bridgehead atoms. The van der Waals surface area contributed by atoms with Crippen LogP contribution in [0.5, 0.6) is 0 Å². The quantitative estimate of drug-likeness (QED) is 0.860. The first-order valence-electron chi connectivity index (χ1n) is 6.59. The number of aryl methyl sites for hydroxylation is 1. The molecule has 1 aliphatic heterocycles. The summed E-state index contributed by atoms with van der Waals surface area (Å²) in [4.78, 5) is 7.07. The predicted octanol–water partition coefficient (Wildman–Crippen LogP) is 1.58. The van der Waals surface area contributed by atoms with Gasteiger partial charge in [-0.2, -0.15) is 0 Å². The van der Waals surface area contributed by atoms with Gasteiger partial charge in [-0.25, -0.2) is 4.98 Å². The lowest BCUT2D eigenvalue weighted by Gasteiger charge is -2.19. The average molecular weight is 249 g/mol. The molecule has 4 heteroatoms. The Balaban J connectivity index is 2.04. The van der Waals surface area contributed by atoms with E-state index in [1.807, 2.05) is 7.05 Å². The molecule has 1 N–H and O–H groups in total. The van der Waals surface area contributed by atoms with Crippen molar-refractivity contribution in [3.05, 3.63) is 23.4 Å². The second-order valence-corrected chi connectivity index (χ2v) is 5.00. The zero-order valence-corrected chi connectivity index (χ0v) is 11.6. The van der Waals surface area contributed by atoms with E-state index in [0.29, 0.717) is 5.92 Å². The SMILES string of the molecule is CNCc1ccc(N2CCC(COC)C2)nc1C. The number of ether oxygens (including phenoxy) is 1. The molecular formula is C14H23N3O. The minimum Gasteiger partial charge on any atom is -0.384 e. The van der Waals surface area contributed by atoms with E-state index in [0.717, 1.165) is 37.8 Å². The fraction of sp³-hybridized carbons (Fsp3) is 0.643. The summed E-state index contributed by atoms with van der Waals surface area (Å²) in [5, 5.41) is 3.17. The highest BCUT2D eigenvalue weighted by Crippen LogP contribution is 2.23. The molecular weight excluding hydrogens is 226 g/mol. The number of nitrogens with zero attached hydrogens (tertiary/aromatic N) is 2. The van der Waals surface area contributed by atoms with Crippen LogP contribution in [0.4, 0.5) is 5.82 Å². The Morgan fingerprint density at radius 1 is 1.50 bits per heavy atom. The second-order valence-electron chi connectivity index (χ2n) is 5.00. The van der Waals surface area contributed by atoms with Crippen LogP contribution in [-0.2, 0) is 11.3 Å². The first-order chi connectivity index (χ1) is 8.74. The molecule has 1 aromatic rings. The van der Waals surface area contributed by atoms with Crippen LogP contribution < -0.4 is 10.2 Å². The first-order valence-corrected chi connectivity index (χ1v) is 6.59. The third kappa shape index (κ3) is 3.00. The highest BCUT2D eigenvalue weighted by Gasteiger charge is 2.23. The Bertz CT molecular complexity index is 395. The molecule has 1 atom stereocenters. The zero-order valence-electron chi connectivity index (χ0n) is 11.6. The molecule has 2 heterocycles. The van der Waals surface area contributed by atoms with Gasteiger partial charge in [0.1, 0.15) is 5.82 Å². The van der Waals surface area contributed by atoms with E-state index in [1.165, 1.54) is 12.0 Å². The summed E-state index contributed by atoms with van der Waals surface area (Å²) >= 11 is 0. The number of pyridine rings is 1. The third-order valence-electron chi connectivity index (χ3n) is 3.56. The van der Waals surface area contributed by atoms with Gasteiger partial charge in [-0.15, -0.1) is 0 Å². The summed E-state index contributed by atoms with van der Waals surface area (Å²) in [6, 6.07) is 4.31. The van der Waals surface area contributed by atoms with Gasteiger partial charge in [0.25, 0.3) is 0 Å². The van der Waals surface area contributed by atoms with Crippen LogP contribution in [0.1, 0.15) is 17.7 Å². The lowest BCUT2D eigenvalue weighted by Crippen LogP contribution is -2.22. The van der Waals surface area contributed by atoms with Crippen molar-refractivity contribution in [2.45, 2.75) is 19.9 Å². The van der Waals surface area contributed by atoms with E-state index in [4.69, 9.17) is 9.72 Å². The van der Waals surface area contributed by atoms with E-state index < -0.39 is 0 Å². The molecule has 1 saturated heterocycles. The summed E-state index contributed by atoms with van der Waals surface area (Å²) in [6.45, 7) is 5.97. The minimum absolute atomic E-state index is 0.647. The number of rotatable bonds is 5. The molecule has 100 valence electrons. The maximum atomic E-state index is 5.23. The smallest absolute Gasteiger partial charge is 0.128 e. The van der Waals surface area contributed by atoms with Gasteiger partial charge < -0.3 is 15.0 Å². The number of anilines is 1. The normalized spacial score (nSPS) is 19.5. The van der Waals surface area contributed by atoms with Crippen LogP contribution in [-0.4, -0.2) is 38.8 Å². The van der Waals surface area contributed by atoms with E-state index in [9.17, 15) is 0 Å². The van der Waals surface area contributed by atoms with Crippen molar-refractivity contribution in [3.8, 4) is 0 Å². The second kappa shape index (κ2) is 6.16. The number of nitrogens with one attached hydrogen (secondary N) is 1. The minimum atomic E-state index is 0.647. The maximum absolute atomic E-state index is 5.23. The van der Waals surface area contributed by atoms with Gasteiger partial charge in [0.2, 0.25) is 0 Å². The van der Waals surface area contributed by atoms with Gasteiger partial charge in [-0.3, -0.25) is 0 Å². The molecule has 1 fully saturated rings. The van der Waals surface area contributed by atoms with Crippen molar-refractivity contribution >= 4 is 5.82 Å². The molecule has 0 spiro atoms. The summed E-state index contributed by atoms with van der Waals surface area (Å²) in [5.41, 5.74) is 2.39. The van der Waals surface area contributed by atoms with Crippen LogP contribution >= 0.6 is 0 Å². The van der Waals surface area contributed by atoms with Crippen LogP contribution in [0.15, 0.2) is 12.1 Å². The van der Waals surface area contributed by atoms with Gasteiger partial charge >= 0.3 is 0 Å². The van der Waals surface area contributed by atoms with Crippen molar-refractivity contribution in [2.24, 2.45) is 5.92 Å². The monoisotopic (exact) mass is 249 g/mol. The summed E-state index contributed by atoms with van der Waals surface area (Å²) in [7, 11) is 3.74. The van der Waals surface area contributed by atoms with Crippen molar-refractivity contribution in [3.63, 3.8) is 0 Å². The van der Waals surface area contributed by atoms with Gasteiger partial charge in [-0.05, 0) is 32.0 Å². The molecule has 2 rings (SSSR count). The first kappa shape index (κ1) is 13.3. The van der Waals surface area contributed by atoms with Gasteiger partial charge in [0.15, 0.2) is 0 Å². The van der Waals surface area contributed by atoms with E-state index in [1.54, 1.807) is 7.11 Å². The Morgan fingerprint density at radius 3 is 3.00 bits per heavy atom. The summed E-state index contributed by atoms with van der Waals surface area (Å²) < 4.78 is 5.23. The largest absolute Gasteiger partial charge is 0.384 e. The topological polar surface area (TPSA) is 37.4 Å². The van der Waals surface area contributed by atoms with Crippen LogP contribution in [0, 0.1) is 12.8 Å². The summed E-state index contributed by atoms with van der Waals surface area (Å²) in [6.07, 6.45) is 1.20. The Labute approximate surface area is 109 Å². The van der Waals surface area contributed by atoms with Gasteiger partial charge in [0, 0.05) is 38.4 Å². The standard InChI is InChI=1S/C14H23N3O/c1-11-13(8-15-2)4-5-14(16-11)17-7-6-12(9-17)10-18-3/h4-5,12,15H,6-10H2,1-3H3. The van der Waals surface area contributed by atoms with E-state index in [-0.39, 0.29) is 0 Å². The van der Waals surface area contributed by atoms with E-state index in [2.05, 4.69) is 29.3 Å². The molecule has 0 saturated carbocycles.